The first-order valence-corrected chi connectivity index (χ1v) is 9.62. The zero-order valence-corrected chi connectivity index (χ0v) is 16.8. The number of carbonyl (C=O) groups is 1. The third-order valence-electron chi connectivity index (χ3n) is 4.43. The Morgan fingerprint density at radius 2 is 1.90 bits per heavy atom. The lowest BCUT2D eigenvalue weighted by atomic mass is 10.1. The lowest BCUT2D eigenvalue weighted by Crippen LogP contribution is -2.11. The molecule has 146 valence electrons. The highest BCUT2D eigenvalue weighted by Crippen LogP contribution is 2.27. The average Bonchev–Trinajstić information content (AvgIpc) is 3.13. The Hall–Kier alpha value is -3.31. The summed E-state index contributed by atoms with van der Waals surface area (Å²) in [5.74, 6) is 0.852. The van der Waals surface area contributed by atoms with Crippen LogP contribution in [0.25, 0.3) is 22.6 Å². The maximum absolute atomic E-state index is 12.5. The quantitative estimate of drug-likeness (QED) is 0.434. The van der Waals surface area contributed by atoms with Crippen LogP contribution in [0.4, 0.5) is 5.69 Å². The number of anilines is 1. The molecule has 1 heterocycles. The molecule has 1 aromatic heterocycles. The minimum Gasteiger partial charge on any atom is -0.492 e. The number of rotatable bonds is 5. The highest BCUT2D eigenvalue weighted by Gasteiger charge is 2.11. The molecule has 0 aliphatic rings. The summed E-state index contributed by atoms with van der Waals surface area (Å²) in [5.41, 5.74) is 4.64. The van der Waals surface area contributed by atoms with Crippen LogP contribution in [0, 0.1) is 6.92 Å². The van der Waals surface area contributed by atoms with Gasteiger partial charge in [0.1, 0.15) is 11.3 Å². The van der Waals surface area contributed by atoms with Crippen molar-refractivity contribution in [2.24, 2.45) is 0 Å². The minimum atomic E-state index is -0.250. The van der Waals surface area contributed by atoms with Crippen LogP contribution < -0.4 is 10.1 Å². The van der Waals surface area contributed by atoms with E-state index in [4.69, 9.17) is 20.8 Å². The zero-order chi connectivity index (χ0) is 20.4. The highest BCUT2D eigenvalue weighted by atomic mass is 35.5. The van der Waals surface area contributed by atoms with Crippen molar-refractivity contribution >= 4 is 34.3 Å². The Balaban J connectivity index is 1.50. The van der Waals surface area contributed by atoms with Crippen molar-refractivity contribution in [1.29, 1.82) is 0 Å². The molecule has 6 heteroatoms. The van der Waals surface area contributed by atoms with Gasteiger partial charge in [-0.15, -0.1) is 0 Å². The number of hydrogen-bond donors (Lipinski definition) is 1. The van der Waals surface area contributed by atoms with Gasteiger partial charge in [-0.1, -0.05) is 17.7 Å². The van der Waals surface area contributed by atoms with Crippen molar-refractivity contribution in [3.63, 3.8) is 0 Å². The van der Waals surface area contributed by atoms with E-state index in [0.717, 1.165) is 22.2 Å². The Bertz CT molecular complexity index is 1180. The van der Waals surface area contributed by atoms with E-state index in [-0.39, 0.29) is 5.91 Å². The molecule has 0 atom stereocenters. The molecule has 29 heavy (non-hydrogen) atoms. The van der Waals surface area contributed by atoms with Gasteiger partial charge in [-0.25, -0.2) is 4.98 Å². The van der Waals surface area contributed by atoms with Crippen LogP contribution in [0.15, 0.2) is 65.1 Å². The smallest absolute Gasteiger partial charge is 0.255 e. The lowest BCUT2D eigenvalue weighted by Gasteiger charge is -2.09. The van der Waals surface area contributed by atoms with E-state index < -0.39 is 0 Å². The van der Waals surface area contributed by atoms with E-state index >= 15 is 0 Å². The Kier molecular flexibility index (Phi) is 5.23. The molecule has 4 aromatic rings. The van der Waals surface area contributed by atoms with Crippen molar-refractivity contribution in [3.05, 3.63) is 76.8 Å². The molecule has 0 unspecified atom stereocenters. The minimum absolute atomic E-state index is 0.250. The van der Waals surface area contributed by atoms with E-state index in [1.807, 2.05) is 56.3 Å². The first-order chi connectivity index (χ1) is 14.0. The standard InChI is InChI=1S/C23H19ClN2O3/c1-3-28-20-11-7-16(13-18(20)24)22(27)25-17-8-5-15(6-9-17)23-26-19-10-4-14(2)12-21(19)29-23/h4-13H,3H2,1-2H3,(H,25,27). The predicted molar refractivity (Wildman–Crippen MR) is 115 cm³/mol. The second-order valence-electron chi connectivity index (χ2n) is 6.60. The molecule has 0 saturated heterocycles. The largest absolute Gasteiger partial charge is 0.492 e. The second-order valence-corrected chi connectivity index (χ2v) is 7.01. The number of fused-ring (bicyclic) bond motifs is 1. The molecule has 0 fully saturated rings. The maximum atomic E-state index is 12.5. The highest BCUT2D eigenvalue weighted by molar-refractivity contribution is 6.32. The molecule has 1 amide bonds. The molecule has 1 N–H and O–H groups in total. The lowest BCUT2D eigenvalue weighted by molar-refractivity contribution is 0.102. The van der Waals surface area contributed by atoms with Crippen molar-refractivity contribution in [3.8, 4) is 17.2 Å². The molecule has 5 nitrogen and oxygen atoms in total. The van der Waals surface area contributed by atoms with Crippen LogP contribution in [-0.2, 0) is 0 Å². The number of amides is 1. The van der Waals surface area contributed by atoms with Crippen molar-refractivity contribution in [2.45, 2.75) is 13.8 Å². The van der Waals surface area contributed by atoms with Gasteiger partial charge < -0.3 is 14.5 Å². The fraction of sp³-hybridized carbons (Fsp3) is 0.130. The van der Waals surface area contributed by atoms with Crippen molar-refractivity contribution in [2.75, 3.05) is 11.9 Å². The fourth-order valence-corrected chi connectivity index (χ4v) is 3.20. The molecule has 0 saturated carbocycles. The van der Waals surface area contributed by atoms with Crippen LogP contribution in [0.2, 0.25) is 5.02 Å². The summed E-state index contributed by atoms with van der Waals surface area (Å²) in [6.07, 6.45) is 0. The third-order valence-corrected chi connectivity index (χ3v) is 4.72. The maximum Gasteiger partial charge on any atom is 0.255 e. The van der Waals surface area contributed by atoms with E-state index in [1.165, 1.54) is 0 Å². The SMILES string of the molecule is CCOc1ccc(C(=O)Nc2ccc(-c3nc4ccc(C)cc4o3)cc2)cc1Cl. The predicted octanol–water partition coefficient (Wildman–Crippen LogP) is 6.11. The van der Waals surface area contributed by atoms with Gasteiger partial charge in [0.25, 0.3) is 5.91 Å². The summed E-state index contributed by atoms with van der Waals surface area (Å²) in [6, 6.07) is 18.2. The van der Waals surface area contributed by atoms with Gasteiger partial charge in [-0.05, 0) is 74.0 Å². The van der Waals surface area contributed by atoms with E-state index in [9.17, 15) is 4.79 Å². The number of halogens is 1. The molecular formula is C23H19ClN2O3. The molecule has 0 aliphatic carbocycles. The Labute approximate surface area is 173 Å². The fourth-order valence-electron chi connectivity index (χ4n) is 2.97. The first kappa shape index (κ1) is 19.0. The second kappa shape index (κ2) is 7.97. The summed E-state index contributed by atoms with van der Waals surface area (Å²) in [6.45, 7) is 4.40. The van der Waals surface area contributed by atoms with Gasteiger partial charge >= 0.3 is 0 Å². The van der Waals surface area contributed by atoms with Gasteiger partial charge in [0.15, 0.2) is 5.58 Å². The topological polar surface area (TPSA) is 64.4 Å². The summed E-state index contributed by atoms with van der Waals surface area (Å²) in [5, 5.41) is 3.26. The van der Waals surface area contributed by atoms with E-state index in [2.05, 4.69) is 10.3 Å². The number of nitrogens with zero attached hydrogens (tertiary/aromatic N) is 1. The van der Waals surface area contributed by atoms with Crippen LogP contribution in [0.3, 0.4) is 0 Å². The summed E-state index contributed by atoms with van der Waals surface area (Å²) in [7, 11) is 0. The van der Waals surface area contributed by atoms with Crippen LogP contribution in [0.1, 0.15) is 22.8 Å². The van der Waals surface area contributed by atoms with Crippen LogP contribution in [0.5, 0.6) is 5.75 Å². The summed E-state index contributed by atoms with van der Waals surface area (Å²) < 4.78 is 11.2. The number of aromatic nitrogens is 1. The third kappa shape index (κ3) is 4.10. The Morgan fingerprint density at radius 1 is 1.10 bits per heavy atom. The van der Waals surface area contributed by atoms with E-state index in [0.29, 0.717) is 34.5 Å². The molecule has 0 aliphatic heterocycles. The van der Waals surface area contributed by atoms with Crippen molar-refractivity contribution < 1.29 is 13.9 Å². The van der Waals surface area contributed by atoms with Gasteiger partial charge in [0, 0.05) is 16.8 Å². The number of aryl methyl sites for hydroxylation is 1. The molecule has 4 rings (SSSR count). The van der Waals surface area contributed by atoms with Gasteiger partial charge in [0.2, 0.25) is 5.89 Å². The first-order valence-electron chi connectivity index (χ1n) is 9.25. The number of oxazole rings is 1. The molecule has 3 aromatic carbocycles. The number of carbonyl (C=O) groups excluding carboxylic acids is 1. The average molecular weight is 407 g/mol. The normalized spacial score (nSPS) is 10.9. The molecule has 0 spiro atoms. The van der Waals surface area contributed by atoms with Gasteiger partial charge in [0.05, 0.1) is 11.6 Å². The number of nitrogens with one attached hydrogen (secondary N) is 1. The number of ether oxygens (including phenoxy) is 1. The summed E-state index contributed by atoms with van der Waals surface area (Å²) >= 11 is 6.16. The molecule has 0 radical (unpaired) electrons. The van der Waals surface area contributed by atoms with Crippen LogP contribution >= 0.6 is 11.6 Å². The van der Waals surface area contributed by atoms with Crippen molar-refractivity contribution in [1.82, 2.24) is 4.98 Å². The van der Waals surface area contributed by atoms with Gasteiger partial charge in [-0.2, -0.15) is 0 Å². The Morgan fingerprint density at radius 3 is 2.62 bits per heavy atom. The zero-order valence-electron chi connectivity index (χ0n) is 16.0. The monoisotopic (exact) mass is 406 g/mol. The number of benzene rings is 3. The number of hydrogen-bond acceptors (Lipinski definition) is 4. The molecule has 0 bridgehead atoms. The summed E-state index contributed by atoms with van der Waals surface area (Å²) in [4.78, 5) is 17.0. The van der Waals surface area contributed by atoms with Crippen LogP contribution in [-0.4, -0.2) is 17.5 Å². The molecular weight excluding hydrogens is 388 g/mol. The van der Waals surface area contributed by atoms with Gasteiger partial charge in [-0.3, -0.25) is 4.79 Å². The van der Waals surface area contributed by atoms with E-state index in [1.54, 1.807) is 18.2 Å².